The van der Waals surface area contributed by atoms with Crippen LogP contribution in [-0.2, 0) is 0 Å². The Morgan fingerprint density at radius 2 is 2.04 bits per heavy atom. The second-order valence-electron chi connectivity index (χ2n) is 7.14. The van der Waals surface area contributed by atoms with E-state index in [0.29, 0.717) is 12.2 Å². The van der Waals surface area contributed by atoms with Crippen molar-refractivity contribution < 1.29 is 9.32 Å². The minimum Gasteiger partial charge on any atom is -0.361 e. The lowest BCUT2D eigenvalue weighted by Gasteiger charge is -2.22. The lowest BCUT2D eigenvalue weighted by Crippen LogP contribution is -2.31. The molecule has 1 aromatic carbocycles. The Bertz CT molecular complexity index is 1000. The maximum absolute atomic E-state index is 13.1. The number of para-hydroxylation sites is 1. The SMILES string of the molecule is CC(C)c1cc(C2CCCN2C(=O)c2cc(=O)n(-c3ccccc3)[nH]2)no1. The molecular formula is C20H22N4O3. The number of benzene rings is 1. The standard InChI is InChI=1S/C20H22N4O3/c1-13(2)18-11-15(22-27-18)17-9-6-10-23(17)20(26)16-12-19(25)24(21-16)14-7-4-3-5-8-14/h3-5,7-8,11-13,17,21H,6,9-10H2,1-2H3. The van der Waals surface area contributed by atoms with Gasteiger partial charge in [0.15, 0.2) is 0 Å². The van der Waals surface area contributed by atoms with Crippen LogP contribution in [0.3, 0.4) is 0 Å². The molecule has 7 nitrogen and oxygen atoms in total. The van der Waals surface area contributed by atoms with E-state index in [1.165, 1.54) is 10.7 Å². The normalized spacial score (nSPS) is 17.0. The Balaban J connectivity index is 1.61. The third kappa shape index (κ3) is 3.20. The minimum atomic E-state index is -0.260. The monoisotopic (exact) mass is 366 g/mol. The molecule has 140 valence electrons. The van der Waals surface area contributed by atoms with Crippen molar-refractivity contribution in [2.75, 3.05) is 6.54 Å². The summed E-state index contributed by atoms with van der Waals surface area (Å²) in [7, 11) is 0. The van der Waals surface area contributed by atoms with Gasteiger partial charge in [0.1, 0.15) is 17.1 Å². The van der Waals surface area contributed by atoms with Gasteiger partial charge >= 0.3 is 0 Å². The summed E-state index contributed by atoms with van der Waals surface area (Å²) in [5.74, 6) is 0.861. The lowest BCUT2D eigenvalue weighted by atomic mass is 10.1. The predicted octanol–water partition coefficient (Wildman–Crippen LogP) is 3.25. The summed E-state index contributed by atoms with van der Waals surface area (Å²) in [6.07, 6.45) is 1.73. The summed E-state index contributed by atoms with van der Waals surface area (Å²) in [5.41, 5.74) is 1.49. The molecule has 0 aliphatic carbocycles. The van der Waals surface area contributed by atoms with Gasteiger partial charge in [-0.1, -0.05) is 37.2 Å². The molecule has 27 heavy (non-hydrogen) atoms. The molecule has 1 fully saturated rings. The lowest BCUT2D eigenvalue weighted by molar-refractivity contribution is 0.0724. The molecule has 1 N–H and O–H groups in total. The van der Waals surface area contributed by atoms with Gasteiger partial charge in [0.05, 0.1) is 11.7 Å². The van der Waals surface area contributed by atoms with Crippen molar-refractivity contribution in [1.82, 2.24) is 19.8 Å². The van der Waals surface area contributed by atoms with Crippen molar-refractivity contribution in [3.63, 3.8) is 0 Å². The number of nitrogens with one attached hydrogen (secondary N) is 1. The smallest absolute Gasteiger partial charge is 0.272 e. The molecule has 2 aromatic heterocycles. The highest BCUT2D eigenvalue weighted by atomic mass is 16.5. The number of aromatic nitrogens is 3. The largest absolute Gasteiger partial charge is 0.361 e. The van der Waals surface area contributed by atoms with Gasteiger partial charge in [-0.15, -0.1) is 0 Å². The van der Waals surface area contributed by atoms with Gasteiger partial charge in [0, 0.05) is 24.6 Å². The summed E-state index contributed by atoms with van der Waals surface area (Å²) < 4.78 is 6.78. The fraction of sp³-hybridized carbons (Fsp3) is 0.350. The highest BCUT2D eigenvalue weighted by Crippen LogP contribution is 2.33. The van der Waals surface area contributed by atoms with Crippen LogP contribution in [-0.4, -0.2) is 32.3 Å². The van der Waals surface area contributed by atoms with Crippen LogP contribution >= 0.6 is 0 Å². The summed E-state index contributed by atoms with van der Waals surface area (Å²) in [6.45, 7) is 4.71. The zero-order valence-corrected chi connectivity index (χ0v) is 15.4. The van der Waals surface area contributed by atoms with E-state index in [1.54, 1.807) is 4.90 Å². The molecule has 3 heterocycles. The number of amides is 1. The number of rotatable bonds is 4. The number of likely N-dealkylation sites (tertiary alicyclic amines) is 1. The first kappa shape index (κ1) is 17.3. The summed E-state index contributed by atoms with van der Waals surface area (Å²) in [5, 5.41) is 7.11. The van der Waals surface area contributed by atoms with Crippen LogP contribution < -0.4 is 5.56 Å². The molecule has 0 bridgehead atoms. The molecule has 3 aromatic rings. The molecule has 7 heteroatoms. The van der Waals surface area contributed by atoms with Crippen molar-refractivity contribution >= 4 is 5.91 Å². The van der Waals surface area contributed by atoms with Gasteiger partial charge in [-0.25, -0.2) is 4.68 Å². The molecule has 1 aliphatic heterocycles. The molecule has 1 atom stereocenters. The van der Waals surface area contributed by atoms with Gasteiger partial charge in [0.25, 0.3) is 11.5 Å². The maximum Gasteiger partial charge on any atom is 0.272 e. The first-order valence-corrected chi connectivity index (χ1v) is 9.19. The Kier molecular flexibility index (Phi) is 4.43. The van der Waals surface area contributed by atoms with Gasteiger partial charge in [0.2, 0.25) is 0 Å². The molecule has 4 rings (SSSR count). The van der Waals surface area contributed by atoms with Gasteiger partial charge < -0.3 is 9.42 Å². The predicted molar refractivity (Wildman–Crippen MR) is 100.0 cm³/mol. The highest BCUT2D eigenvalue weighted by molar-refractivity contribution is 5.92. The topological polar surface area (TPSA) is 84.1 Å². The van der Waals surface area contributed by atoms with E-state index in [2.05, 4.69) is 10.3 Å². The zero-order valence-electron chi connectivity index (χ0n) is 15.4. The number of nitrogens with zero attached hydrogens (tertiary/aromatic N) is 3. The molecule has 1 unspecified atom stereocenters. The number of carbonyl (C=O) groups excluding carboxylic acids is 1. The fourth-order valence-corrected chi connectivity index (χ4v) is 3.48. The van der Waals surface area contributed by atoms with Crippen LogP contribution in [0.15, 0.2) is 51.8 Å². The number of hydrogen-bond donors (Lipinski definition) is 1. The zero-order chi connectivity index (χ0) is 19.0. The van der Waals surface area contributed by atoms with Crippen molar-refractivity contribution in [2.24, 2.45) is 0 Å². The van der Waals surface area contributed by atoms with Crippen molar-refractivity contribution in [2.45, 2.75) is 38.6 Å². The molecule has 1 amide bonds. The van der Waals surface area contributed by atoms with Crippen molar-refractivity contribution in [3.8, 4) is 5.69 Å². The number of carbonyl (C=O) groups is 1. The quantitative estimate of drug-likeness (QED) is 0.768. The second-order valence-corrected chi connectivity index (χ2v) is 7.14. The van der Waals surface area contributed by atoms with Crippen LogP contribution in [0.2, 0.25) is 0 Å². The van der Waals surface area contributed by atoms with Gasteiger partial charge in [-0.05, 0) is 25.0 Å². The van der Waals surface area contributed by atoms with E-state index in [4.69, 9.17) is 4.52 Å². The first-order valence-electron chi connectivity index (χ1n) is 9.19. The molecular weight excluding hydrogens is 344 g/mol. The van der Waals surface area contributed by atoms with Crippen LogP contribution in [0.1, 0.15) is 60.6 Å². The molecule has 0 saturated carbocycles. The molecule has 0 spiro atoms. The number of H-pyrrole nitrogens is 1. The summed E-state index contributed by atoms with van der Waals surface area (Å²) in [4.78, 5) is 27.1. The summed E-state index contributed by atoms with van der Waals surface area (Å²) >= 11 is 0. The fourth-order valence-electron chi connectivity index (χ4n) is 3.48. The van der Waals surface area contributed by atoms with Gasteiger partial charge in [-0.2, -0.15) is 0 Å². The first-order chi connectivity index (χ1) is 13.0. The van der Waals surface area contributed by atoms with Crippen molar-refractivity contribution in [3.05, 3.63) is 70.0 Å². The van der Waals surface area contributed by atoms with E-state index < -0.39 is 0 Å². The molecule has 1 saturated heterocycles. The van der Waals surface area contributed by atoms with E-state index in [-0.39, 0.29) is 29.1 Å². The summed E-state index contributed by atoms with van der Waals surface area (Å²) in [6, 6.07) is 12.3. The van der Waals surface area contributed by atoms with Crippen LogP contribution in [0.25, 0.3) is 5.69 Å². The van der Waals surface area contributed by atoms with Crippen LogP contribution in [0.4, 0.5) is 0 Å². The van der Waals surface area contributed by atoms with E-state index in [9.17, 15) is 9.59 Å². The Hall–Kier alpha value is -3.09. The van der Waals surface area contributed by atoms with E-state index in [0.717, 1.165) is 24.3 Å². The minimum absolute atomic E-state index is 0.127. The Morgan fingerprint density at radius 1 is 1.26 bits per heavy atom. The Morgan fingerprint density at radius 3 is 2.74 bits per heavy atom. The van der Waals surface area contributed by atoms with Crippen LogP contribution in [0, 0.1) is 0 Å². The average Bonchev–Trinajstić information content (AvgIpc) is 3.40. The third-order valence-electron chi connectivity index (χ3n) is 4.94. The molecule has 0 radical (unpaired) electrons. The highest BCUT2D eigenvalue weighted by Gasteiger charge is 2.34. The third-order valence-corrected chi connectivity index (χ3v) is 4.94. The van der Waals surface area contributed by atoms with Crippen molar-refractivity contribution in [1.29, 1.82) is 0 Å². The number of hydrogen-bond acceptors (Lipinski definition) is 4. The Labute approximate surface area is 156 Å². The number of aromatic amines is 1. The second kappa shape index (κ2) is 6.90. The van der Waals surface area contributed by atoms with Gasteiger partial charge in [-0.3, -0.25) is 14.7 Å². The van der Waals surface area contributed by atoms with Crippen LogP contribution in [0.5, 0.6) is 0 Å². The van der Waals surface area contributed by atoms with E-state index in [1.807, 2.05) is 50.2 Å². The molecule has 1 aliphatic rings. The average molecular weight is 366 g/mol. The van der Waals surface area contributed by atoms with E-state index >= 15 is 0 Å². The maximum atomic E-state index is 13.1.